The highest BCUT2D eigenvalue weighted by Crippen LogP contribution is 2.27. The predicted octanol–water partition coefficient (Wildman–Crippen LogP) is 1.15. The van der Waals surface area contributed by atoms with Gasteiger partial charge >= 0.3 is 0 Å². The third-order valence-electron chi connectivity index (χ3n) is 4.28. The Hall–Kier alpha value is -2.12. The number of ketones is 1. The van der Waals surface area contributed by atoms with Crippen LogP contribution in [0.5, 0.6) is 11.5 Å². The molecule has 1 amide bonds. The lowest BCUT2D eigenvalue weighted by Crippen LogP contribution is -2.39. The number of ether oxygens (including phenoxy) is 1. The molecule has 0 heterocycles. The fourth-order valence-electron chi connectivity index (χ4n) is 2.71. The van der Waals surface area contributed by atoms with E-state index in [0.717, 1.165) is 12.1 Å². The standard InChI is InChI=1S/C20H33N3O4/c1-22(2)11-6-7-17(24)16(20(26)21-10-12-23(3)4)13-15-8-9-18(25)19(14-15)27-5/h8-9,14,16,25H,6-7,10-13H2,1-5H3,(H,21,26). The van der Waals surface area contributed by atoms with Crippen LogP contribution in [-0.4, -0.2) is 81.5 Å². The summed E-state index contributed by atoms with van der Waals surface area (Å²) < 4.78 is 5.12. The first-order chi connectivity index (χ1) is 12.7. The van der Waals surface area contributed by atoms with Gasteiger partial charge in [-0.15, -0.1) is 0 Å². The molecule has 2 N–H and O–H groups in total. The van der Waals surface area contributed by atoms with Crippen molar-refractivity contribution in [3.8, 4) is 11.5 Å². The monoisotopic (exact) mass is 379 g/mol. The Morgan fingerprint density at radius 2 is 1.81 bits per heavy atom. The number of amides is 1. The highest BCUT2D eigenvalue weighted by Gasteiger charge is 2.26. The molecule has 27 heavy (non-hydrogen) atoms. The largest absolute Gasteiger partial charge is 0.504 e. The van der Waals surface area contributed by atoms with Crippen LogP contribution in [0, 0.1) is 5.92 Å². The molecule has 7 heteroatoms. The number of hydrogen-bond donors (Lipinski definition) is 2. The van der Waals surface area contributed by atoms with Crippen LogP contribution in [0.3, 0.4) is 0 Å². The molecule has 0 fully saturated rings. The summed E-state index contributed by atoms with van der Waals surface area (Å²) in [5.74, 6) is -0.696. The van der Waals surface area contributed by atoms with Gasteiger partial charge in [0.25, 0.3) is 0 Å². The number of aromatic hydroxyl groups is 1. The van der Waals surface area contributed by atoms with E-state index in [1.54, 1.807) is 12.1 Å². The quantitative estimate of drug-likeness (QED) is 0.530. The van der Waals surface area contributed by atoms with Crippen molar-refractivity contribution in [2.45, 2.75) is 19.3 Å². The molecule has 0 radical (unpaired) electrons. The zero-order chi connectivity index (χ0) is 20.4. The van der Waals surface area contributed by atoms with Crippen molar-refractivity contribution in [1.82, 2.24) is 15.1 Å². The second kappa shape index (κ2) is 11.6. The third-order valence-corrected chi connectivity index (χ3v) is 4.28. The molecule has 152 valence electrons. The Bertz CT molecular complexity index is 591. The van der Waals surface area contributed by atoms with Crippen molar-refractivity contribution in [3.05, 3.63) is 23.8 Å². The number of nitrogens with zero attached hydrogens (tertiary/aromatic N) is 2. The molecule has 7 nitrogen and oxygen atoms in total. The molecule has 1 unspecified atom stereocenters. The molecule has 0 saturated heterocycles. The minimum atomic E-state index is -0.747. The highest BCUT2D eigenvalue weighted by atomic mass is 16.5. The maximum absolute atomic E-state index is 12.7. The maximum Gasteiger partial charge on any atom is 0.230 e. The van der Waals surface area contributed by atoms with E-state index >= 15 is 0 Å². The minimum Gasteiger partial charge on any atom is -0.504 e. The number of carbonyl (C=O) groups is 2. The smallest absolute Gasteiger partial charge is 0.230 e. The van der Waals surface area contributed by atoms with Gasteiger partial charge in [0.15, 0.2) is 11.5 Å². The van der Waals surface area contributed by atoms with Crippen LogP contribution in [-0.2, 0) is 16.0 Å². The molecule has 0 bridgehead atoms. The Morgan fingerprint density at radius 3 is 2.41 bits per heavy atom. The second-order valence-corrected chi connectivity index (χ2v) is 7.23. The lowest BCUT2D eigenvalue weighted by molar-refractivity contribution is -0.134. The number of likely N-dealkylation sites (N-methyl/N-ethyl adjacent to an activating group) is 1. The molecule has 1 rings (SSSR count). The summed E-state index contributed by atoms with van der Waals surface area (Å²) in [7, 11) is 9.24. The maximum atomic E-state index is 12.7. The average Bonchev–Trinajstić information content (AvgIpc) is 2.59. The van der Waals surface area contributed by atoms with E-state index in [-0.39, 0.29) is 23.9 Å². The van der Waals surface area contributed by atoms with Gasteiger partial charge < -0.3 is 25.0 Å². The van der Waals surface area contributed by atoms with Gasteiger partial charge in [0.2, 0.25) is 5.91 Å². The van der Waals surface area contributed by atoms with Gasteiger partial charge in [-0.1, -0.05) is 6.07 Å². The van der Waals surface area contributed by atoms with Gasteiger partial charge in [-0.2, -0.15) is 0 Å². The van der Waals surface area contributed by atoms with Crippen molar-refractivity contribution in [1.29, 1.82) is 0 Å². The predicted molar refractivity (Wildman–Crippen MR) is 106 cm³/mol. The molecule has 0 spiro atoms. The molecule has 0 aliphatic heterocycles. The summed E-state index contributed by atoms with van der Waals surface area (Å²) in [6.45, 7) is 2.00. The Kier molecular flexibility index (Phi) is 9.82. The first-order valence-corrected chi connectivity index (χ1v) is 9.20. The normalized spacial score (nSPS) is 12.3. The van der Waals surface area contributed by atoms with E-state index in [2.05, 4.69) is 5.32 Å². The molecule has 1 aromatic carbocycles. The fraction of sp³-hybridized carbons (Fsp3) is 0.600. The highest BCUT2D eigenvalue weighted by molar-refractivity contribution is 6.01. The first-order valence-electron chi connectivity index (χ1n) is 9.20. The van der Waals surface area contributed by atoms with Gasteiger partial charge in [0.05, 0.1) is 7.11 Å². The number of nitrogens with one attached hydrogen (secondary N) is 1. The number of rotatable bonds is 12. The van der Waals surface area contributed by atoms with Crippen LogP contribution in [0.4, 0.5) is 0 Å². The van der Waals surface area contributed by atoms with E-state index in [4.69, 9.17) is 4.74 Å². The number of Topliss-reactive ketones (excluding diaryl/α,β-unsaturated/α-hetero) is 1. The summed E-state index contributed by atoms with van der Waals surface area (Å²) in [5, 5.41) is 12.6. The fourth-order valence-corrected chi connectivity index (χ4v) is 2.71. The van der Waals surface area contributed by atoms with Gasteiger partial charge in [-0.3, -0.25) is 9.59 Å². The van der Waals surface area contributed by atoms with E-state index in [1.807, 2.05) is 38.0 Å². The molecular weight excluding hydrogens is 346 g/mol. The average molecular weight is 380 g/mol. The molecule has 0 aromatic heterocycles. The molecule has 0 aliphatic rings. The first kappa shape index (κ1) is 22.9. The zero-order valence-electron chi connectivity index (χ0n) is 17.1. The Morgan fingerprint density at radius 1 is 1.15 bits per heavy atom. The van der Waals surface area contributed by atoms with Gasteiger partial charge in [0, 0.05) is 19.5 Å². The zero-order valence-corrected chi connectivity index (χ0v) is 17.1. The second-order valence-electron chi connectivity index (χ2n) is 7.23. The van der Waals surface area contributed by atoms with Crippen molar-refractivity contribution < 1.29 is 19.4 Å². The van der Waals surface area contributed by atoms with Crippen molar-refractivity contribution in [3.63, 3.8) is 0 Å². The van der Waals surface area contributed by atoms with Crippen LogP contribution in [0.1, 0.15) is 18.4 Å². The van der Waals surface area contributed by atoms with Crippen molar-refractivity contribution in [2.24, 2.45) is 5.92 Å². The summed E-state index contributed by atoms with van der Waals surface area (Å²) in [6, 6.07) is 4.90. The van der Waals surface area contributed by atoms with Crippen molar-refractivity contribution in [2.75, 3.05) is 54.9 Å². The van der Waals surface area contributed by atoms with Crippen LogP contribution in [0.2, 0.25) is 0 Å². The van der Waals surface area contributed by atoms with Crippen LogP contribution >= 0.6 is 0 Å². The number of carbonyl (C=O) groups excluding carboxylic acids is 2. The summed E-state index contributed by atoms with van der Waals surface area (Å²) >= 11 is 0. The van der Waals surface area contributed by atoms with Crippen LogP contribution in [0.25, 0.3) is 0 Å². The van der Waals surface area contributed by atoms with E-state index < -0.39 is 5.92 Å². The lowest BCUT2D eigenvalue weighted by atomic mass is 9.91. The number of benzene rings is 1. The van der Waals surface area contributed by atoms with Crippen LogP contribution < -0.4 is 10.1 Å². The summed E-state index contributed by atoms with van der Waals surface area (Å²) in [5.41, 5.74) is 0.776. The van der Waals surface area contributed by atoms with Crippen LogP contribution in [0.15, 0.2) is 18.2 Å². The van der Waals surface area contributed by atoms with Crippen molar-refractivity contribution >= 4 is 11.7 Å². The topological polar surface area (TPSA) is 82.1 Å². The van der Waals surface area contributed by atoms with E-state index in [1.165, 1.54) is 13.2 Å². The Balaban J connectivity index is 2.85. The molecule has 1 atom stereocenters. The molecule has 0 saturated carbocycles. The third kappa shape index (κ3) is 8.41. The van der Waals surface area contributed by atoms with Gasteiger partial charge in [-0.25, -0.2) is 0 Å². The molecule has 0 aliphatic carbocycles. The number of hydrogen-bond acceptors (Lipinski definition) is 6. The summed E-state index contributed by atoms with van der Waals surface area (Å²) in [4.78, 5) is 29.4. The molecular formula is C20H33N3O4. The van der Waals surface area contributed by atoms with Gasteiger partial charge in [-0.05, 0) is 65.3 Å². The summed E-state index contributed by atoms with van der Waals surface area (Å²) in [6.07, 6.45) is 1.36. The number of phenols is 1. The number of methoxy groups -OCH3 is 1. The van der Waals surface area contributed by atoms with E-state index in [9.17, 15) is 14.7 Å². The minimum absolute atomic E-state index is 0.0329. The van der Waals surface area contributed by atoms with E-state index in [0.29, 0.717) is 31.7 Å². The Labute approximate surface area is 162 Å². The SMILES string of the molecule is COc1cc(CC(C(=O)CCCN(C)C)C(=O)NCCN(C)C)ccc1O. The molecule has 1 aromatic rings. The van der Waals surface area contributed by atoms with Gasteiger partial charge in [0.1, 0.15) is 11.7 Å². The number of phenolic OH excluding ortho intramolecular Hbond substituents is 1. The lowest BCUT2D eigenvalue weighted by Gasteiger charge is -2.18.